The van der Waals surface area contributed by atoms with Crippen molar-refractivity contribution in [1.82, 2.24) is 0 Å². The summed E-state index contributed by atoms with van der Waals surface area (Å²) >= 11 is 7.66. The van der Waals surface area contributed by atoms with Gasteiger partial charge in [0.05, 0.1) is 22.6 Å². The molecule has 21 heavy (non-hydrogen) atoms. The summed E-state index contributed by atoms with van der Waals surface area (Å²) in [6.07, 6.45) is 0. The number of nitriles is 1. The summed E-state index contributed by atoms with van der Waals surface area (Å²) in [6, 6.07) is 9.91. The number of thiophene rings is 1. The van der Waals surface area contributed by atoms with Crippen LogP contribution in [0.2, 0.25) is 0 Å². The quantitative estimate of drug-likeness (QED) is 0.478. The van der Waals surface area contributed by atoms with Crippen LogP contribution in [0.15, 0.2) is 35.7 Å². The molecule has 2 aromatic rings. The molecule has 0 radical (unpaired) electrons. The smallest absolute Gasteiger partial charge is 0.310 e. The lowest BCUT2D eigenvalue weighted by atomic mass is 10.1. The fourth-order valence-corrected chi connectivity index (χ4v) is 2.79. The maximum Gasteiger partial charge on any atom is 0.310 e. The van der Waals surface area contributed by atoms with Gasteiger partial charge in [-0.25, -0.2) is 0 Å². The standard InChI is InChI=1S/C14H9ClN2O3S/c1-20-12-7-9(4-5-11(12)17(18)19)14(15)10(8-16)13-3-2-6-21-13/h2-7H,1H3/b14-10+. The number of hydrogen-bond donors (Lipinski definition) is 0. The molecule has 1 aromatic heterocycles. The van der Waals surface area contributed by atoms with Crippen molar-refractivity contribution in [2.24, 2.45) is 0 Å². The maximum absolute atomic E-state index is 10.9. The van der Waals surface area contributed by atoms with Gasteiger partial charge in [0, 0.05) is 10.9 Å². The van der Waals surface area contributed by atoms with Crippen molar-refractivity contribution in [2.45, 2.75) is 0 Å². The third kappa shape index (κ3) is 3.05. The van der Waals surface area contributed by atoms with Crippen molar-refractivity contribution in [3.63, 3.8) is 0 Å². The van der Waals surface area contributed by atoms with Crippen molar-refractivity contribution in [3.05, 3.63) is 56.3 Å². The lowest BCUT2D eigenvalue weighted by Gasteiger charge is -2.06. The van der Waals surface area contributed by atoms with Gasteiger partial charge in [0.1, 0.15) is 6.07 Å². The van der Waals surface area contributed by atoms with Gasteiger partial charge in [-0.2, -0.15) is 5.26 Å². The van der Waals surface area contributed by atoms with Crippen LogP contribution >= 0.6 is 22.9 Å². The third-order valence-corrected chi connectivity index (χ3v) is 4.02. The van der Waals surface area contributed by atoms with Crippen molar-refractivity contribution in [3.8, 4) is 11.8 Å². The van der Waals surface area contributed by atoms with Gasteiger partial charge in [-0.05, 0) is 29.1 Å². The molecule has 1 heterocycles. The number of hydrogen-bond acceptors (Lipinski definition) is 5. The molecule has 0 aliphatic heterocycles. The Bertz CT molecular complexity index is 748. The first-order valence-corrected chi connectivity index (χ1v) is 7.00. The Labute approximate surface area is 129 Å². The molecule has 0 atom stereocenters. The van der Waals surface area contributed by atoms with E-state index in [1.54, 1.807) is 6.07 Å². The van der Waals surface area contributed by atoms with Crippen LogP contribution < -0.4 is 4.74 Å². The summed E-state index contributed by atoms with van der Waals surface area (Å²) in [7, 11) is 1.34. The molecule has 0 fully saturated rings. The zero-order valence-corrected chi connectivity index (χ0v) is 12.4. The molecule has 7 heteroatoms. The number of allylic oxidation sites excluding steroid dienone is 1. The average Bonchev–Trinajstić information content (AvgIpc) is 3.01. The maximum atomic E-state index is 10.9. The number of nitro benzene ring substituents is 1. The molecule has 106 valence electrons. The van der Waals surface area contributed by atoms with E-state index >= 15 is 0 Å². The lowest BCUT2D eigenvalue weighted by molar-refractivity contribution is -0.385. The first-order chi connectivity index (χ1) is 10.1. The second-order valence-corrected chi connectivity index (χ2v) is 5.25. The predicted molar refractivity (Wildman–Crippen MR) is 82.2 cm³/mol. The Morgan fingerprint density at radius 3 is 2.76 bits per heavy atom. The lowest BCUT2D eigenvalue weighted by Crippen LogP contribution is -1.94. The number of benzene rings is 1. The summed E-state index contributed by atoms with van der Waals surface area (Å²) in [5.74, 6) is 0.0964. The Balaban J connectivity index is 2.56. The summed E-state index contributed by atoms with van der Waals surface area (Å²) in [4.78, 5) is 11.1. The van der Waals surface area contributed by atoms with Crippen LogP contribution in [0, 0.1) is 21.4 Å². The van der Waals surface area contributed by atoms with Gasteiger partial charge in [-0.1, -0.05) is 17.7 Å². The predicted octanol–water partition coefficient (Wildman–Crippen LogP) is 4.30. The number of methoxy groups -OCH3 is 1. The highest BCUT2D eigenvalue weighted by Gasteiger charge is 2.17. The largest absolute Gasteiger partial charge is 0.490 e. The molecule has 0 saturated heterocycles. The topological polar surface area (TPSA) is 76.2 Å². The van der Waals surface area contributed by atoms with Crippen molar-refractivity contribution in [1.29, 1.82) is 5.26 Å². The summed E-state index contributed by atoms with van der Waals surface area (Å²) in [6.45, 7) is 0. The molecule has 0 amide bonds. The second-order valence-electron chi connectivity index (χ2n) is 3.92. The first-order valence-electron chi connectivity index (χ1n) is 5.75. The summed E-state index contributed by atoms with van der Waals surface area (Å²) in [5.41, 5.74) is 0.659. The highest BCUT2D eigenvalue weighted by Crippen LogP contribution is 2.36. The molecule has 0 bridgehead atoms. The highest BCUT2D eigenvalue weighted by atomic mass is 35.5. The molecule has 5 nitrogen and oxygen atoms in total. The number of rotatable bonds is 4. The van der Waals surface area contributed by atoms with Crippen molar-refractivity contribution < 1.29 is 9.66 Å². The average molecular weight is 321 g/mol. The zero-order chi connectivity index (χ0) is 15.4. The second kappa shape index (κ2) is 6.39. The minimum atomic E-state index is -0.537. The monoisotopic (exact) mass is 320 g/mol. The highest BCUT2D eigenvalue weighted by molar-refractivity contribution is 7.11. The van der Waals surface area contributed by atoms with E-state index in [4.69, 9.17) is 16.3 Å². The van der Waals surface area contributed by atoms with Crippen LogP contribution in [0.5, 0.6) is 5.75 Å². The Morgan fingerprint density at radius 1 is 1.48 bits per heavy atom. The molecule has 0 aliphatic carbocycles. The number of nitrogens with zero attached hydrogens (tertiary/aromatic N) is 2. The molecule has 0 N–H and O–H groups in total. The van der Waals surface area contributed by atoms with Gasteiger partial charge in [-0.15, -0.1) is 11.3 Å². The Morgan fingerprint density at radius 2 is 2.24 bits per heavy atom. The van der Waals surface area contributed by atoms with E-state index in [0.29, 0.717) is 11.1 Å². The van der Waals surface area contributed by atoms with Gasteiger partial charge in [0.2, 0.25) is 0 Å². The van der Waals surface area contributed by atoms with Crippen LogP contribution in [0.1, 0.15) is 10.4 Å². The molecule has 1 aromatic carbocycles. The van der Waals surface area contributed by atoms with Crippen LogP contribution in [-0.4, -0.2) is 12.0 Å². The molecule has 0 spiro atoms. The number of nitro groups is 1. The van der Waals surface area contributed by atoms with E-state index in [2.05, 4.69) is 6.07 Å². The summed E-state index contributed by atoms with van der Waals surface area (Å²) in [5, 5.41) is 22.2. The van der Waals surface area contributed by atoms with E-state index in [-0.39, 0.29) is 16.5 Å². The summed E-state index contributed by atoms with van der Waals surface area (Å²) < 4.78 is 5.00. The SMILES string of the molecule is COc1cc(/C(Cl)=C(/C#N)c2cccs2)ccc1[N+](=O)[O-]. The third-order valence-electron chi connectivity index (χ3n) is 2.73. The van der Waals surface area contributed by atoms with Gasteiger partial charge in [0.15, 0.2) is 5.75 Å². The molecule has 2 rings (SSSR count). The minimum Gasteiger partial charge on any atom is -0.490 e. The molecular formula is C14H9ClN2O3S. The Hall–Kier alpha value is -2.36. The van der Waals surface area contributed by atoms with Crippen LogP contribution in [-0.2, 0) is 0 Å². The van der Waals surface area contributed by atoms with E-state index in [1.807, 2.05) is 11.4 Å². The normalized spacial score (nSPS) is 11.5. The van der Waals surface area contributed by atoms with Crippen LogP contribution in [0.4, 0.5) is 5.69 Å². The van der Waals surface area contributed by atoms with Crippen LogP contribution in [0.25, 0.3) is 10.6 Å². The van der Waals surface area contributed by atoms with Gasteiger partial charge in [-0.3, -0.25) is 10.1 Å². The first kappa shape index (κ1) is 15.0. The van der Waals surface area contributed by atoms with E-state index < -0.39 is 4.92 Å². The Kier molecular flexibility index (Phi) is 4.58. The number of ether oxygens (including phenoxy) is 1. The van der Waals surface area contributed by atoms with Crippen molar-refractivity contribution >= 4 is 39.2 Å². The molecule has 0 saturated carbocycles. The van der Waals surface area contributed by atoms with E-state index in [1.165, 1.54) is 36.6 Å². The molecule has 0 unspecified atom stereocenters. The van der Waals surface area contributed by atoms with Gasteiger partial charge < -0.3 is 4.74 Å². The van der Waals surface area contributed by atoms with E-state index in [0.717, 1.165) is 4.88 Å². The number of halogens is 1. The fourth-order valence-electron chi connectivity index (χ4n) is 1.74. The van der Waals surface area contributed by atoms with Gasteiger partial charge >= 0.3 is 5.69 Å². The zero-order valence-electron chi connectivity index (χ0n) is 10.9. The molecule has 0 aliphatic rings. The van der Waals surface area contributed by atoms with Gasteiger partial charge in [0.25, 0.3) is 0 Å². The van der Waals surface area contributed by atoms with Crippen molar-refractivity contribution in [2.75, 3.05) is 7.11 Å². The minimum absolute atomic E-state index is 0.0964. The fraction of sp³-hybridized carbons (Fsp3) is 0.0714. The molecular weight excluding hydrogens is 312 g/mol. The van der Waals surface area contributed by atoms with E-state index in [9.17, 15) is 15.4 Å². The van der Waals surface area contributed by atoms with Crippen LogP contribution in [0.3, 0.4) is 0 Å².